The van der Waals surface area contributed by atoms with Crippen LogP contribution in [0.15, 0.2) is 59.0 Å². The van der Waals surface area contributed by atoms with E-state index < -0.39 is 60.1 Å². The van der Waals surface area contributed by atoms with Gasteiger partial charge in [0, 0.05) is 24.3 Å². The van der Waals surface area contributed by atoms with Gasteiger partial charge in [0.25, 0.3) is 11.8 Å². The van der Waals surface area contributed by atoms with E-state index in [-0.39, 0.29) is 41.7 Å². The van der Waals surface area contributed by atoms with Crippen LogP contribution in [-0.4, -0.2) is 95.8 Å². The van der Waals surface area contributed by atoms with Crippen LogP contribution in [-0.2, 0) is 24.0 Å². The number of hydrogen-bond donors (Lipinski definition) is 5. The van der Waals surface area contributed by atoms with Crippen molar-refractivity contribution in [3.05, 3.63) is 71.5 Å². The van der Waals surface area contributed by atoms with Crippen LogP contribution >= 0.6 is 0 Å². The van der Waals surface area contributed by atoms with Gasteiger partial charge in [-0.3, -0.25) is 24.0 Å². The van der Waals surface area contributed by atoms with Crippen molar-refractivity contribution in [2.24, 2.45) is 5.92 Å². The molecule has 0 saturated carbocycles. The summed E-state index contributed by atoms with van der Waals surface area (Å²) in [5.41, 5.74) is 1.54. The predicted molar refractivity (Wildman–Crippen MR) is 210 cm³/mol. The first-order valence-electron chi connectivity index (χ1n) is 19.4. The van der Waals surface area contributed by atoms with Gasteiger partial charge in [0.15, 0.2) is 5.76 Å². The molecule has 2 aromatic carbocycles. The molecule has 3 atom stereocenters. The van der Waals surface area contributed by atoms with Gasteiger partial charge in [-0.2, -0.15) is 5.06 Å². The second kappa shape index (κ2) is 21.8. The van der Waals surface area contributed by atoms with E-state index in [2.05, 4.69) is 20.9 Å². The number of rotatable bonds is 23. The molecule has 2 heterocycles. The second-order valence-corrected chi connectivity index (χ2v) is 13.7. The highest BCUT2D eigenvalue weighted by Crippen LogP contribution is 2.30. The molecule has 0 bridgehead atoms. The fourth-order valence-corrected chi connectivity index (χ4v) is 6.67. The summed E-state index contributed by atoms with van der Waals surface area (Å²) in [5, 5.41) is 26.7. The van der Waals surface area contributed by atoms with Crippen molar-refractivity contribution in [3.63, 3.8) is 0 Å². The molecule has 58 heavy (non-hydrogen) atoms. The summed E-state index contributed by atoms with van der Waals surface area (Å²) in [4.78, 5) is 95.5. The molecule has 1 fully saturated rings. The number of carbonyl (C=O) groups excluding carboxylic acids is 5. The molecule has 17 heteroatoms. The SMILES string of the molecule is CCCCCC(C(=O)NCNC(=O)c1ccc(-c2ccc(C(=O)NC(CC(=O)O)C(=O)O)c(OCC)c2)o1)C(CC)N(C=O)OC(=O)c1cccc(N2CCCC2)c1. The summed E-state index contributed by atoms with van der Waals surface area (Å²) in [6, 6.07) is 11.8. The minimum absolute atomic E-state index is 0.0436. The first-order valence-corrected chi connectivity index (χ1v) is 19.4. The number of amides is 4. The van der Waals surface area contributed by atoms with Gasteiger partial charge in [-0.25, -0.2) is 9.59 Å². The molecular formula is C41H51N5O12. The molecule has 3 aromatic rings. The minimum Gasteiger partial charge on any atom is -0.493 e. The molecule has 0 aliphatic carbocycles. The van der Waals surface area contributed by atoms with Gasteiger partial charge < -0.3 is 45.1 Å². The van der Waals surface area contributed by atoms with Gasteiger partial charge in [0.1, 0.15) is 17.6 Å². The molecule has 1 saturated heterocycles. The van der Waals surface area contributed by atoms with Crippen molar-refractivity contribution in [3.8, 4) is 17.1 Å². The summed E-state index contributed by atoms with van der Waals surface area (Å²) < 4.78 is 11.4. The van der Waals surface area contributed by atoms with Crippen LogP contribution in [0.4, 0.5) is 5.69 Å². The van der Waals surface area contributed by atoms with E-state index in [1.54, 1.807) is 32.0 Å². The summed E-state index contributed by atoms with van der Waals surface area (Å²) in [5.74, 6) is -6.17. The Morgan fingerprint density at radius 2 is 1.69 bits per heavy atom. The minimum atomic E-state index is -1.67. The number of nitrogens with one attached hydrogen (secondary N) is 3. The average molecular weight is 806 g/mol. The van der Waals surface area contributed by atoms with E-state index in [0.29, 0.717) is 31.2 Å². The smallest absolute Gasteiger partial charge is 0.363 e. The summed E-state index contributed by atoms with van der Waals surface area (Å²) in [7, 11) is 0. The second-order valence-electron chi connectivity index (χ2n) is 13.7. The molecule has 5 N–H and O–H groups in total. The summed E-state index contributed by atoms with van der Waals surface area (Å²) in [6.45, 7) is 7.12. The molecule has 17 nitrogen and oxygen atoms in total. The van der Waals surface area contributed by atoms with Gasteiger partial charge in [0.05, 0.1) is 42.8 Å². The Bertz CT molecular complexity index is 1920. The highest BCUT2D eigenvalue weighted by Gasteiger charge is 2.34. The van der Waals surface area contributed by atoms with Gasteiger partial charge in [0.2, 0.25) is 12.3 Å². The molecule has 3 unspecified atom stereocenters. The molecule has 1 aromatic heterocycles. The number of aliphatic carboxylic acids is 2. The molecule has 0 spiro atoms. The molecule has 1 aliphatic rings. The Labute approximate surface area is 336 Å². The Hall–Kier alpha value is -6.39. The lowest BCUT2D eigenvalue weighted by Gasteiger charge is -2.32. The number of carbonyl (C=O) groups is 7. The number of benzene rings is 2. The van der Waals surface area contributed by atoms with Crippen molar-refractivity contribution < 1.29 is 57.8 Å². The van der Waals surface area contributed by atoms with E-state index in [4.69, 9.17) is 19.1 Å². The summed E-state index contributed by atoms with van der Waals surface area (Å²) in [6.07, 6.45) is 4.81. The quantitative estimate of drug-likeness (QED) is 0.0382. The van der Waals surface area contributed by atoms with Crippen molar-refractivity contribution in [2.45, 2.75) is 84.2 Å². The molecule has 312 valence electrons. The van der Waals surface area contributed by atoms with Crippen molar-refractivity contribution in [2.75, 3.05) is 31.3 Å². The number of furan rings is 1. The normalized spacial score (nSPS) is 13.7. The van der Waals surface area contributed by atoms with Gasteiger partial charge >= 0.3 is 17.9 Å². The van der Waals surface area contributed by atoms with Gasteiger partial charge in [-0.15, -0.1) is 0 Å². The van der Waals surface area contributed by atoms with E-state index in [1.165, 1.54) is 30.3 Å². The Morgan fingerprint density at radius 3 is 2.34 bits per heavy atom. The zero-order valence-electron chi connectivity index (χ0n) is 32.9. The van der Waals surface area contributed by atoms with Crippen LogP contribution < -0.4 is 25.6 Å². The van der Waals surface area contributed by atoms with Gasteiger partial charge in [-0.1, -0.05) is 45.2 Å². The number of anilines is 1. The highest BCUT2D eigenvalue weighted by molar-refractivity contribution is 6.00. The van der Waals surface area contributed by atoms with E-state index in [0.717, 1.165) is 49.5 Å². The monoisotopic (exact) mass is 805 g/mol. The van der Waals surface area contributed by atoms with E-state index >= 15 is 0 Å². The fourth-order valence-electron chi connectivity index (χ4n) is 6.67. The molecule has 0 radical (unpaired) electrons. The summed E-state index contributed by atoms with van der Waals surface area (Å²) >= 11 is 0. The number of unbranched alkanes of at least 4 members (excludes halogenated alkanes) is 2. The maximum Gasteiger partial charge on any atom is 0.363 e. The van der Waals surface area contributed by atoms with Crippen LogP contribution in [0.3, 0.4) is 0 Å². The number of hydrogen-bond acceptors (Lipinski definition) is 11. The average Bonchev–Trinajstić information content (AvgIpc) is 3.94. The zero-order chi connectivity index (χ0) is 42.2. The standard InChI is InChI=1S/C41H51N5O12/c1-4-7-8-14-29(32(5-2)46(25-47)58-41(55)27-12-11-13-28(21-27)45-19-9-10-20-45)37(50)42-24-43-39(52)34-18-17-33(57-34)26-15-16-30(35(22-26)56-6-3)38(51)44-31(40(53)54)23-36(48)49/h11-13,15-18,21-22,25,29,31-32H,4-10,14,19-20,23-24H2,1-3H3,(H,42,50)(H,43,52)(H,44,51)(H,48,49)(H,53,54). The molecular weight excluding hydrogens is 754 g/mol. The number of carboxylic acid groups (broad SMARTS) is 2. The Kier molecular flexibility index (Phi) is 16.7. The van der Waals surface area contributed by atoms with Crippen LogP contribution in [0.1, 0.15) is 103 Å². The lowest BCUT2D eigenvalue weighted by molar-refractivity contribution is -0.171. The lowest BCUT2D eigenvalue weighted by Crippen LogP contribution is -2.49. The Morgan fingerprint density at radius 1 is 0.931 bits per heavy atom. The topological polar surface area (TPSA) is 234 Å². The van der Waals surface area contributed by atoms with Gasteiger partial charge in [-0.05, 0) is 75.1 Å². The van der Waals surface area contributed by atoms with E-state index in [9.17, 15) is 38.7 Å². The first kappa shape index (κ1) is 44.3. The molecule has 4 amide bonds. The number of nitrogens with zero attached hydrogens (tertiary/aromatic N) is 2. The fraction of sp³-hybridized carbons (Fsp3) is 0.439. The first-order chi connectivity index (χ1) is 27.9. The third-order valence-electron chi connectivity index (χ3n) is 9.64. The van der Waals surface area contributed by atoms with E-state index in [1.807, 2.05) is 13.0 Å². The Balaban J connectivity index is 1.40. The van der Waals surface area contributed by atoms with Crippen LogP contribution in [0.2, 0.25) is 0 Å². The number of carboxylic acids is 2. The number of hydroxylamine groups is 2. The largest absolute Gasteiger partial charge is 0.493 e. The van der Waals surface area contributed by atoms with Crippen LogP contribution in [0.25, 0.3) is 11.3 Å². The molecule has 1 aliphatic heterocycles. The predicted octanol–water partition coefficient (Wildman–Crippen LogP) is 4.61. The van der Waals surface area contributed by atoms with Crippen LogP contribution in [0.5, 0.6) is 5.75 Å². The number of ether oxygens (including phenoxy) is 1. The molecule has 4 rings (SSSR count). The zero-order valence-corrected chi connectivity index (χ0v) is 32.9. The maximum absolute atomic E-state index is 13.6. The van der Waals surface area contributed by atoms with Crippen LogP contribution in [0, 0.1) is 5.92 Å². The van der Waals surface area contributed by atoms with Crippen molar-refractivity contribution >= 4 is 47.7 Å². The maximum atomic E-state index is 13.6. The highest BCUT2D eigenvalue weighted by atomic mass is 16.7. The van der Waals surface area contributed by atoms with Crippen molar-refractivity contribution in [1.29, 1.82) is 0 Å². The van der Waals surface area contributed by atoms with Crippen molar-refractivity contribution in [1.82, 2.24) is 21.0 Å². The lowest BCUT2D eigenvalue weighted by atomic mass is 9.90. The third-order valence-corrected chi connectivity index (χ3v) is 9.64. The third kappa shape index (κ3) is 12.1.